The fourth-order valence-electron chi connectivity index (χ4n) is 1.52. The fourth-order valence-corrected chi connectivity index (χ4v) is 2.77. The Morgan fingerprint density at radius 3 is 2.78 bits per heavy atom. The number of nitrogens with zero attached hydrogens (tertiary/aromatic N) is 1. The van der Waals surface area contributed by atoms with Crippen LogP contribution >= 0.6 is 11.8 Å². The molecule has 0 fully saturated rings. The number of aromatic nitrogens is 2. The molecule has 0 aliphatic heterocycles. The normalized spacial score (nSPS) is 13.6. The van der Waals surface area contributed by atoms with Gasteiger partial charge < -0.3 is 10.3 Å². The van der Waals surface area contributed by atoms with Gasteiger partial charge in [0, 0.05) is 24.1 Å². The summed E-state index contributed by atoms with van der Waals surface area (Å²) in [5.41, 5.74) is 0.0957. The lowest BCUT2D eigenvalue weighted by Gasteiger charge is -2.31. The van der Waals surface area contributed by atoms with Crippen molar-refractivity contribution in [1.29, 1.82) is 0 Å². The number of thioether (sulfide) groups is 1. The molecule has 0 aliphatic carbocycles. The average Bonchev–Trinajstić information content (AvgIpc) is 2.27. The molecule has 1 rings (SSSR count). The molecule has 2 N–H and O–H groups in total. The number of H-pyrrole nitrogens is 1. The summed E-state index contributed by atoms with van der Waals surface area (Å²) in [6, 6.07) is 1.83. The molecule has 0 spiro atoms. The van der Waals surface area contributed by atoms with Gasteiger partial charge in [-0.3, -0.25) is 4.79 Å². The number of aromatic amines is 1. The predicted molar refractivity (Wildman–Crippen MR) is 77.1 cm³/mol. The van der Waals surface area contributed by atoms with Crippen LogP contribution in [0, 0.1) is 5.41 Å². The van der Waals surface area contributed by atoms with Gasteiger partial charge in [0.05, 0.1) is 0 Å². The smallest absolute Gasteiger partial charge is 0.251 e. The number of nitrogens with one attached hydrogen (secondary N) is 2. The second-order valence-corrected chi connectivity index (χ2v) is 6.43. The Hall–Kier alpha value is -0.810. The Morgan fingerprint density at radius 1 is 1.50 bits per heavy atom. The molecular formula is C13H23N3OS. The number of rotatable bonds is 6. The van der Waals surface area contributed by atoms with Crippen LogP contribution in [0.2, 0.25) is 0 Å². The lowest BCUT2D eigenvalue weighted by molar-refractivity contribution is 0.291. The molecule has 0 aromatic carbocycles. The van der Waals surface area contributed by atoms with Gasteiger partial charge in [0.25, 0.3) is 5.56 Å². The van der Waals surface area contributed by atoms with E-state index >= 15 is 0 Å². The van der Waals surface area contributed by atoms with E-state index in [-0.39, 0.29) is 11.0 Å². The summed E-state index contributed by atoms with van der Waals surface area (Å²) >= 11 is 1.59. The van der Waals surface area contributed by atoms with Gasteiger partial charge in [0.15, 0.2) is 5.16 Å². The topological polar surface area (TPSA) is 57.8 Å². The Balaban J connectivity index is 2.59. The molecule has 18 heavy (non-hydrogen) atoms. The quantitative estimate of drug-likeness (QED) is 0.614. The van der Waals surface area contributed by atoms with Crippen LogP contribution in [0.5, 0.6) is 0 Å². The lowest BCUT2D eigenvalue weighted by Crippen LogP contribution is -2.42. The van der Waals surface area contributed by atoms with Gasteiger partial charge in [0.1, 0.15) is 0 Å². The highest BCUT2D eigenvalue weighted by Crippen LogP contribution is 2.24. The first-order valence-corrected chi connectivity index (χ1v) is 7.33. The van der Waals surface area contributed by atoms with Crippen molar-refractivity contribution >= 4 is 11.8 Å². The van der Waals surface area contributed by atoms with E-state index in [0.29, 0.717) is 11.2 Å². The molecule has 5 heteroatoms. The van der Waals surface area contributed by atoms with Crippen molar-refractivity contribution < 1.29 is 0 Å². The van der Waals surface area contributed by atoms with E-state index < -0.39 is 0 Å². The Labute approximate surface area is 113 Å². The highest BCUT2D eigenvalue weighted by atomic mass is 32.2. The third-order valence-corrected chi connectivity index (χ3v) is 3.70. The van der Waals surface area contributed by atoms with Gasteiger partial charge in [-0.25, -0.2) is 4.98 Å². The largest absolute Gasteiger partial charge is 0.313 e. The molecule has 1 unspecified atom stereocenters. The first-order chi connectivity index (χ1) is 8.43. The van der Waals surface area contributed by atoms with Crippen LogP contribution in [0.4, 0.5) is 0 Å². The van der Waals surface area contributed by atoms with E-state index in [1.165, 1.54) is 6.07 Å². The first kappa shape index (κ1) is 15.2. The maximum absolute atomic E-state index is 11.2. The molecule has 4 nitrogen and oxygen atoms in total. The van der Waals surface area contributed by atoms with Crippen molar-refractivity contribution in [2.24, 2.45) is 5.41 Å². The SMILES string of the molecule is CCCNC(CSc1nccc(=O)[nH]1)C(C)(C)C. The van der Waals surface area contributed by atoms with Crippen LogP contribution in [0.1, 0.15) is 34.1 Å². The summed E-state index contributed by atoms with van der Waals surface area (Å²) in [6.07, 6.45) is 2.67. The van der Waals surface area contributed by atoms with E-state index in [4.69, 9.17) is 0 Å². The zero-order chi connectivity index (χ0) is 13.6. The first-order valence-electron chi connectivity index (χ1n) is 6.35. The van der Waals surface area contributed by atoms with Gasteiger partial charge in [-0.1, -0.05) is 39.5 Å². The average molecular weight is 269 g/mol. The van der Waals surface area contributed by atoms with Gasteiger partial charge in [-0.05, 0) is 18.4 Å². The number of hydrogen-bond donors (Lipinski definition) is 2. The molecule has 102 valence electrons. The van der Waals surface area contributed by atoms with Crippen LogP contribution in [-0.2, 0) is 0 Å². The van der Waals surface area contributed by atoms with Crippen LogP contribution in [0.3, 0.4) is 0 Å². The summed E-state index contributed by atoms with van der Waals surface area (Å²) in [5, 5.41) is 4.24. The van der Waals surface area contributed by atoms with Crippen molar-refractivity contribution in [3.05, 3.63) is 22.6 Å². The molecule has 0 radical (unpaired) electrons. The molecule has 0 saturated heterocycles. The zero-order valence-corrected chi connectivity index (χ0v) is 12.4. The van der Waals surface area contributed by atoms with Gasteiger partial charge >= 0.3 is 0 Å². The van der Waals surface area contributed by atoms with Gasteiger partial charge in [0.2, 0.25) is 0 Å². The van der Waals surface area contributed by atoms with E-state index in [0.717, 1.165) is 18.7 Å². The highest BCUT2D eigenvalue weighted by molar-refractivity contribution is 7.99. The van der Waals surface area contributed by atoms with E-state index in [1.807, 2.05) is 0 Å². The minimum atomic E-state index is -0.0960. The van der Waals surface area contributed by atoms with Crippen molar-refractivity contribution in [1.82, 2.24) is 15.3 Å². The third kappa shape index (κ3) is 5.23. The van der Waals surface area contributed by atoms with Crippen molar-refractivity contribution in [2.75, 3.05) is 12.3 Å². The molecule has 1 aromatic rings. The van der Waals surface area contributed by atoms with Crippen LogP contribution in [0.15, 0.2) is 22.2 Å². The molecule has 0 saturated carbocycles. The van der Waals surface area contributed by atoms with Crippen molar-refractivity contribution in [2.45, 2.75) is 45.3 Å². The molecule has 0 bridgehead atoms. The maximum atomic E-state index is 11.2. The maximum Gasteiger partial charge on any atom is 0.251 e. The summed E-state index contributed by atoms with van der Waals surface area (Å²) in [6.45, 7) is 9.85. The number of hydrogen-bond acceptors (Lipinski definition) is 4. The zero-order valence-electron chi connectivity index (χ0n) is 11.6. The lowest BCUT2D eigenvalue weighted by atomic mass is 9.88. The molecule has 1 heterocycles. The highest BCUT2D eigenvalue weighted by Gasteiger charge is 2.24. The monoisotopic (exact) mass is 269 g/mol. The minimum absolute atomic E-state index is 0.0960. The summed E-state index contributed by atoms with van der Waals surface area (Å²) in [4.78, 5) is 18.1. The van der Waals surface area contributed by atoms with Crippen LogP contribution in [0.25, 0.3) is 0 Å². The van der Waals surface area contributed by atoms with Crippen LogP contribution in [-0.4, -0.2) is 28.3 Å². The molecule has 0 amide bonds. The van der Waals surface area contributed by atoms with Crippen LogP contribution < -0.4 is 10.9 Å². The van der Waals surface area contributed by atoms with E-state index in [2.05, 4.69) is 43.0 Å². The molecule has 1 atom stereocenters. The summed E-state index contributed by atoms with van der Waals surface area (Å²) < 4.78 is 0. The Morgan fingerprint density at radius 2 is 2.22 bits per heavy atom. The molecular weight excluding hydrogens is 246 g/mol. The minimum Gasteiger partial charge on any atom is -0.313 e. The molecule has 0 aliphatic rings. The van der Waals surface area contributed by atoms with E-state index in [9.17, 15) is 4.79 Å². The van der Waals surface area contributed by atoms with Gasteiger partial charge in [-0.2, -0.15) is 0 Å². The second-order valence-electron chi connectivity index (χ2n) is 5.42. The Bertz CT molecular complexity index is 411. The predicted octanol–water partition coefficient (Wildman–Crippen LogP) is 2.28. The fraction of sp³-hybridized carbons (Fsp3) is 0.692. The standard InChI is InChI=1S/C13H23N3OS/c1-5-7-14-10(13(2,3)4)9-18-12-15-8-6-11(17)16-12/h6,8,10,14H,5,7,9H2,1-4H3,(H,15,16,17). The second kappa shape index (κ2) is 6.95. The van der Waals surface area contributed by atoms with Crippen molar-refractivity contribution in [3.8, 4) is 0 Å². The summed E-state index contributed by atoms with van der Waals surface area (Å²) in [5.74, 6) is 0.899. The summed E-state index contributed by atoms with van der Waals surface area (Å²) in [7, 11) is 0. The Kier molecular flexibility index (Phi) is 5.88. The van der Waals surface area contributed by atoms with E-state index in [1.54, 1.807) is 18.0 Å². The molecule has 1 aromatic heterocycles. The van der Waals surface area contributed by atoms with Crippen molar-refractivity contribution in [3.63, 3.8) is 0 Å². The third-order valence-electron chi connectivity index (χ3n) is 2.72. The van der Waals surface area contributed by atoms with Gasteiger partial charge in [-0.15, -0.1) is 0 Å².